The topological polar surface area (TPSA) is 12.5 Å². The molecule has 0 amide bonds. The van der Waals surface area contributed by atoms with Crippen molar-refractivity contribution in [1.82, 2.24) is 0 Å². The third-order valence-corrected chi connectivity index (χ3v) is 2.81. The molecule has 2 aliphatic heterocycles. The van der Waals surface area contributed by atoms with Gasteiger partial charge in [-0.15, -0.1) is 0 Å². The quantitative estimate of drug-likeness (QED) is 0.354. The van der Waals surface area contributed by atoms with Crippen LogP contribution in [0.3, 0.4) is 0 Å². The summed E-state index contributed by atoms with van der Waals surface area (Å²) in [5, 5.41) is 2.05. The van der Waals surface area contributed by atoms with Crippen molar-refractivity contribution in [3.63, 3.8) is 0 Å². The van der Waals surface area contributed by atoms with E-state index >= 15 is 0 Å². The van der Waals surface area contributed by atoms with Crippen LogP contribution < -0.4 is 0 Å². The summed E-state index contributed by atoms with van der Waals surface area (Å²) in [6.07, 6.45) is 0. The number of rotatable bonds is 0. The molecule has 0 radical (unpaired) electrons. The van der Waals surface area contributed by atoms with Gasteiger partial charge in [0.25, 0.3) is 0 Å². The van der Waals surface area contributed by atoms with Gasteiger partial charge >= 0.3 is 0 Å². The van der Waals surface area contributed by atoms with E-state index in [2.05, 4.69) is 5.41 Å². The molecule has 32 valence electrons. The molecular weight excluding hydrogens is 116 g/mol. The Bertz CT molecular complexity index is 109. The summed E-state index contributed by atoms with van der Waals surface area (Å²) in [7, 11) is 3.53. The largest absolute Gasteiger partial charge is 0.470 e. The highest BCUT2D eigenvalue weighted by Crippen LogP contribution is 2.52. The van der Waals surface area contributed by atoms with E-state index < -0.39 is 0 Å². The molecule has 0 aliphatic carbocycles. The summed E-state index contributed by atoms with van der Waals surface area (Å²) in [4.78, 5) is 0. The monoisotopic (exact) mass is 118 g/mol. The maximum absolute atomic E-state index is 4.96. The van der Waals surface area contributed by atoms with E-state index in [0.29, 0.717) is 5.44 Å². The lowest BCUT2D eigenvalue weighted by Crippen LogP contribution is -1.55. The highest BCUT2D eigenvalue weighted by molar-refractivity contribution is 8.78. The Kier molecular flexibility index (Phi) is 0.489. The first-order valence-electron chi connectivity index (χ1n) is 1.66. The van der Waals surface area contributed by atoms with Gasteiger partial charge in [-0.05, 0) is 10.8 Å². The van der Waals surface area contributed by atoms with Crippen LogP contribution in [0.4, 0.5) is 0 Å². The highest BCUT2D eigenvalue weighted by atomic mass is 33.1. The van der Waals surface area contributed by atoms with Crippen LogP contribution in [-0.4, -0.2) is 5.44 Å². The lowest BCUT2D eigenvalue weighted by atomic mass is 10.8. The molecule has 2 aliphatic rings. The predicted octanol–water partition coefficient (Wildman–Crippen LogP) is 1.58. The number of hydrogen-bond acceptors (Lipinski definition) is 3. The Morgan fingerprint density at radius 1 is 1.83 bits per heavy atom. The molecule has 2 heterocycles. The SMILES string of the molecule is C1=C2OC2SS1. The molecule has 0 aromatic heterocycles. The van der Waals surface area contributed by atoms with Crippen molar-refractivity contribution in [3.05, 3.63) is 11.2 Å². The van der Waals surface area contributed by atoms with Gasteiger partial charge in [-0.2, -0.15) is 0 Å². The van der Waals surface area contributed by atoms with E-state index in [4.69, 9.17) is 4.74 Å². The summed E-state index contributed by atoms with van der Waals surface area (Å²) in [5.41, 5.74) is 0.454. The summed E-state index contributed by atoms with van der Waals surface area (Å²) >= 11 is 0. The molecule has 2 rings (SSSR count). The van der Waals surface area contributed by atoms with Crippen molar-refractivity contribution in [1.29, 1.82) is 0 Å². The van der Waals surface area contributed by atoms with Gasteiger partial charge in [0.1, 0.15) is 0 Å². The predicted molar refractivity (Wildman–Crippen MR) is 28.1 cm³/mol. The van der Waals surface area contributed by atoms with E-state index in [1.807, 2.05) is 0 Å². The molecule has 0 aromatic carbocycles. The van der Waals surface area contributed by atoms with Gasteiger partial charge in [0.05, 0.1) is 0 Å². The van der Waals surface area contributed by atoms with Crippen LogP contribution in [0.2, 0.25) is 0 Å². The van der Waals surface area contributed by atoms with Crippen LogP contribution in [0.1, 0.15) is 0 Å². The molecule has 1 fully saturated rings. The molecule has 0 N–H and O–H groups in total. The summed E-state index contributed by atoms with van der Waals surface area (Å²) in [6.45, 7) is 0. The maximum atomic E-state index is 4.96. The lowest BCUT2D eigenvalue weighted by molar-refractivity contribution is 0.492. The number of ether oxygens (including phenoxy) is 1. The van der Waals surface area contributed by atoms with Gasteiger partial charge in [0.15, 0.2) is 5.76 Å². The fraction of sp³-hybridized carbons (Fsp3) is 0.333. The molecule has 1 nitrogen and oxygen atoms in total. The second kappa shape index (κ2) is 0.898. The van der Waals surface area contributed by atoms with Crippen LogP contribution in [-0.2, 0) is 4.74 Å². The first-order valence-corrected chi connectivity index (χ1v) is 3.93. The van der Waals surface area contributed by atoms with Gasteiger partial charge in [0.2, 0.25) is 5.44 Å². The van der Waals surface area contributed by atoms with Crippen molar-refractivity contribution >= 4 is 21.6 Å². The third kappa shape index (κ3) is 0.297. The minimum atomic E-state index is 0.454. The molecule has 3 heteroatoms. The molecule has 1 unspecified atom stereocenters. The Labute approximate surface area is 43.5 Å². The highest BCUT2D eigenvalue weighted by Gasteiger charge is 2.37. The van der Waals surface area contributed by atoms with E-state index in [0.717, 1.165) is 0 Å². The first-order chi connectivity index (χ1) is 2.97. The number of hydrogen-bond donors (Lipinski definition) is 0. The van der Waals surface area contributed by atoms with E-state index in [-0.39, 0.29) is 0 Å². The van der Waals surface area contributed by atoms with Crippen LogP contribution in [0, 0.1) is 0 Å². The van der Waals surface area contributed by atoms with Crippen molar-refractivity contribution in [2.75, 3.05) is 0 Å². The second-order valence-electron chi connectivity index (χ2n) is 1.16. The maximum Gasteiger partial charge on any atom is 0.211 e. The zero-order valence-corrected chi connectivity index (χ0v) is 4.51. The smallest absolute Gasteiger partial charge is 0.211 e. The zero-order valence-electron chi connectivity index (χ0n) is 2.88. The van der Waals surface area contributed by atoms with Crippen LogP contribution >= 0.6 is 21.6 Å². The first kappa shape index (κ1) is 3.27. The minimum Gasteiger partial charge on any atom is -0.470 e. The van der Waals surface area contributed by atoms with Gasteiger partial charge in [-0.3, -0.25) is 0 Å². The van der Waals surface area contributed by atoms with E-state index in [9.17, 15) is 0 Å². The van der Waals surface area contributed by atoms with Gasteiger partial charge in [0, 0.05) is 5.41 Å². The summed E-state index contributed by atoms with van der Waals surface area (Å²) < 4.78 is 4.96. The second-order valence-corrected chi connectivity index (χ2v) is 3.37. The van der Waals surface area contributed by atoms with Crippen molar-refractivity contribution in [3.8, 4) is 0 Å². The fourth-order valence-electron chi connectivity index (χ4n) is 0.366. The van der Waals surface area contributed by atoms with Crippen molar-refractivity contribution in [2.45, 2.75) is 5.44 Å². The molecule has 0 aromatic rings. The van der Waals surface area contributed by atoms with Crippen LogP contribution in [0.5, 0.6) is 0 Å². The molecule has 1 atom stereocenters. The van der Waals surface area contributed by atoms with E-state index in [1.165, 1.54) is 5.76 Å². The number of epoxide rings is 1. The average Bonchev–Trinajstić information content (AvgIpc) is 2.17. The molecule has 6 heavy (non-hydrogen) atoms. The summed E-state index contributed by atoms with van der Waals surface area (Å²) in [6, 6.07) is 0. The van der Waals surface area contributed by atoms with Crippen LogP contribution in [0.15, 0.2) is 11.2 Å². The van der Waals surface area contributed by atoms with Crippen LogP contribution in [0.25, 0.3) is 0 Å². The molecule has 0 saturated carbocycles. The van der Waals surface area contributed by atoms with Crippen molar-refractivity contribution in [2.24, 2.45) is 0 Å². The lowest BCUT2D eigenvalue weighted by Gasteiger charge is -1.77. The molecule has 0 bridgehead atoms. The molecule has 1 saturated heterocycles. The molecule has 0 spiro atoms. The third-order valence-electron chi connectivity index (χ3n) is 0.725. The Hall–Kier alpha value is 0.240. The Balaban J connectivity index is 2.35. The van der Waals surface area contributed by atoms with Gasteiger partial charge < -0.3 is 4.74 Å². The minimum absolute atomic E-state index is 0.454. The fourth-order valence-corrected chi connectivity index (χ4v) is 2.35. The Morgan fingerprint density at radius 3 is 3.00 bits per heavy atom. The van der Waals surface area contributed by atoms with Crippen molar-refractivity contribution < 1.29 is 4.74 Å². The molecular formula is C3H2OS2. The zero-order chi connectivity index (χ0) is 3.98. The van der Waals surface area contributed by atoms with Gasteiger partial charge in [-0.25, -0.2) is 0 Å². The Morgan fingerprint density at radius 2 is 2.83 bits per heavy atom. The normalized spacial score (nSPS) is 37.3. The summed E-state index contributed by atoms with van der Waals surface area (Å²) in [5.74, 6) is 1.17. The standard InChI is InChI=1S/C3H2OS2/c1-2-3(4-2)6-5-1/h1,3H. The number of fused-ring (bicyclic) bond motifs is 1. The average molecular weight is 118 g/mol. The van der Waals surface area contributed by atoms with E-state index in [1.54, 1.807) is 21.6 Å². The van der Waals surface area contributed by atoms with Gasteiger partial charge in [-0.1, -0.05) is 10.8 Å².